The summed E-state index contributed by atoms with van der Waals surface area (Å²) in [6.45, 7) is 4.88. The predicted molar refractivity (Wildman–Crippen MR) is 91.5 cm³/mol. The maximum Gasteiger partial charge on any atom is 0.123 e. The molecule has 0 fully saturated rings. The van der Waals surface area contributed by atoms with Crippen LogP contribution in [0.5, 0.6) is 5.75 Å². The van der Waals surface area contributed by atoms with E-state index in [1.165, 1.54) is 11.3 Å². The zero-order chi connectivity index (χ0) is 16.1. The smallest absolute Gasteiger partial charge is 0.123 e. The van der Waals surface area contributed by atoms with Gasteiger partial charge in [-0.1, -0.05) is 18.2 Å². The van der Waals surface area contributed by atoms with Crippen LogP contribution in [-0.4, -0.2) is 36.8 Å². The van der Waals surface area contributed by atoms with E-state index in [9.17, 15) is 0 Å². The first-order chi connectivity index (χ1) is 11.3. The lowest BCUT2D eigenvalue weighted by Gasteiger charge is -2.24. The van der Waals surface area contributed by atoms with Gasteiger partial charge >= 0.3 is 0 Å². The highest BCUT2D eigenvalue weighted by atomic mass is 16.5. The molecule has 124 valence electrons. The number of hydrogen-bond acceptors (Lipinski definition) is 3. The van der Waals surface area contributed by atoms with Crippen molar-refractivity contribution in [3.63, 3.8) is 0 Å². The van der Waals surface area contributed by atoms with E-state index in [4.69, 9.17) is 9.47 Å². The van der Waals surface area contributed by atoms with Gasteiger partial charge in [-0.05, 0) is 30.5 Å². The lowest BCUT2D eigenvalue weighted by atomic mass is 10.1. The molecule has 0 bridgehead atoms. The average Bonchev–Trinajstić information content (AvgIpc) is 2.93. The molecule has 1 aliphatic rings. The SMILES string of the molecule is COCC[C@H]1CN(Cc2ccccc2OC)Cc2cccn2C1. The van der Waals surface area contributed by atoms with Gasteiger partial charge in [0.15, 0.2) is 0 Å². The van der Waals surface area contributed by atoms with Gasteiger partial charge in [-0.2, -0.15) is 0 Å². The third-order valence-electron chi connectivity index (χ3n) is 4.60. The Morgan fingerprint density at radius 1 is 1.09 bits per heavy atom. The fourth-order valence-corrected chi connectivity index (χ4v) is 3.43. The third kappa shape index (κ3) is 3.95. The molecule has 1 aromatic carbocycles. The second kappa shape index (κ2) is 7.66. The van der Waals surface area contributed by atoms with Crippen molar-refractivity contribution in [2.75, 3.05) is 27.4 Å². The Kier molecular flexibility index (Phi) is 5.36. The van der Waals surface area contributed by atoms with Crippen LogP contribution >= 0.6 is 0 Å². The first kappa shape index (κ1) is 16.1. The average molecular weight is 314 g/mol. The van der Waals surface area contributed by atoms with Crippen LogP contribution in [0.3, 0.4) is 0 Å². The van der Waals surface area contributed by atoms with E-state index in [1.54, 1.807) is 14.2 Å². The number of nitrogens with zero attached hydrogens (tertiary/aromatic N) is 2. The molecule has 2 heterocycles. The van der Waals surface area contributed by atoms with Gasteiger partial charge in [0.1, 0.15) is 5.75 Å². The second-order valence-corrected chi connectivity index (χ2v) is 6.28. The van der Waals surface area contributed by atoms with E-state index in [-0.39, 0.29) is 0 Å². The molecule has 0 amide bonds. The Balaban J connectivity index is 1.77. The first-order valence-electron chi connectivity index (χ1n) is 8.27. The zero-order valence-corrected chi connectivity index (χ0v) is 14.1. The summed E-state index contributed by atoms with van der Waals surface area (Å²) in [6, 6.07) is 12.7. The number of fused-ring (bicyclic) bond motifs is 1. The molecular formula is C19H26N2O2. The Bertz CT molecular complexity index is 623. The molecule has 1 aromatic heterocycles. The van der Waals surface area contributed by atoms with Crippen LogP contribution in [0, 0.1) is 5.92 Å². The number of methoxy groups -OCH3 is 2. The van der Waals surface area contributed by atoms with Gasteiger partial charge in [0.2, 0.25) is 0 Å². The Morgan fingerprint density at radius 2 is 1.96 bits per heavy atom. The van der Waals surface area contributed by atoms with Gasteiger partial charge in [-0.25, -0.2) is 0 Å². The van der Waals surface area contributed by atoms with Crippen LogP contribution in [0.15, 0.2) is 42.6 Å². The third-order valence-corrected chi connectivity index (χ3v) is 4.60. The Labute approximate surface area is 138 Å². The quantitative estimate of drug-likeness (QED) is 0.819. The monoisotopic (exact) mass is 314 g/mol. The van der Waals surface area contributed by atoms with Gasteiger partial charge < -0.3 is 14.0 Å². The predicted octanol–water partition coefficient (Wildman–Crippen LogP) is 3.17. The van der Waals surface area contributed by atoms with Crippen LogP contribution in [0.2, 0.25) is 0 Å². The maximum absolute atomic E-state index is 5.51. The number of para-hydroxylation sites is 1. The van der Waals surface area contributed by atoms with Gasteiger partial charge in [0.05, 0.1) is 7.11 Å². The number of benzene rings is 1. The molecule has 0 radical (unpaired) electrons. The van der Waals surface area contributed by atoms with Crippen LogP contribution in [0.25, 0.3) is 0 Å². The maximum atomic E-state index is 5.51. The van der Waals surface area contributed by atoms with Crippen molar-refractivity contribution in [1.29, 1.82) is 0 Å². The number of aromatic nitrogens is 1. The van der Waals surface area contributed by atoms with Crippen LogP contribution in [-0.2, 0) is 24.4 Å². The Hall–Kier alpha value is -1.78. The van der Waals surface area contributed by atoms with Gasteiger partial charge in [-0.15, -0.1) is 0 Å². The molecule has 0 spiro atoms. The van der Waals surface area contributed by atoms with Crippen LogP contribution < -0.4 is 4.74 Å². The molecular weight excluding hydrogens is 288 g/mol. The molecule has 0 saturated heterocycles. The number of ether oxygens (including phenoxy) is 2. The van der Waals surface area contributed by atoms with E-state index >= 15 is 0 Å². The minimum atomic E-state index is 0.610. The summed E-state index contributed by atoms with van der Waals surface area (Å²) in [4.78, 5) is 2.52. The lowest BCUT2D eigenvalue weighted by Crippen LogP contribution is -2.28. The fourth-order valence-electron chi connectivity index (χ4n) is 3.43. The van der Waals surface area contributed by atoms with Gasteiger partial charge in [-0.3, -0.25) is 4.90 Å². The zero-order valence-electron chi connectivity index (χ0n) is 14.1. The lowest BCUT2D eigenvalue weighted by molar-refractivity contribution is 0.151. The van der Waals surface area contributed by atoms with Crippen LogP contribution in [0.1, 0.15) is 17.7 Å². The summed E-state index contributed by atoms with van der Waals surface area (Å²) >= 11 is 0. The molecule has 0 saturated carbocycles. The van der Waals surface area contributed by atoms with Crippen molar-refractivity contribution in [3.8, 4) is 5.75 Å². The molecule has 1 atom stereocenters. The summed E-state index contributed by atoms with van der Waals surface area (Å²) in [7, 11) is 3.53. The molecule has 1 aliphatic heterocycles. The molecule has 3 rings (SSSR count). The number of rotatable bonds is 6. The van der Waals surface area contributed by atoms with Crippen molar-refractivity contribution in [1.82, 2.24) is 9.47 Å². The molecule has 0 unspecified atom stereocenters. The summed E-state index contributed by atoms with van der Waals surface area (Å²) in [5, 5.41) is 0. The summed E-state index contributed by atoms with van der Waals surface area (Å²) in [5.74, 6) is 1.58. The molecule has 4 nitrogen and oxygen atoms in total. The molecule has 2 aromatic rings. The summed E-state index contributed by atoms with van der Waals surface area (Å²) in [5.41, 5.74) is 2.64. The highest BCUT2D eigenvalue weighted by Gasteiger charge is 2.22. The van der Waals surface area contributed by atoms with E-state index < -0.39 is 0 Å². The molecule has 0 aliphatic carbocycles. The highest BCUT2D eigenvalue weighted by molar-refractivity contribution is 5.33. The Morgan fingerprint density at radius 3 is 2.78 bits per heavy atom. The van der Waals surface area contributed by atoms with Crippen molar-refractivity contribution in [3.05, 3.63) is 53.9 Å². The van der Waals surface area contributed by atoms with Gasteiger partial charge in [0, 0.05) is 57.3 Å². The van der Waals surface area contributed by atoms with Crippen molar-refractivity contribution in [2.24, 2.45) is 5.92 Å². The number of hydrogen-bond donors (Lipinski definition) is 0. The van der Waals surface area contributed by atoms with E-state index in [0.29, 0.717) is 5.92 Å². The standard InChI is InChI=1S/C19H26N2O2/c1-22-11-9-16-12-20(15-18-7-5-10-21(18)13-16)14-17-6-3-4-8-19(17)23-2/h3-8,10,16H,9,11-15H2,1-2H3/t16-/m0/s1. The fraction of sp³-hybridized carbons (Fsp3) is 0.474. The molecule has 0 N–H and O–H groups in total. The van der Waals surface area contributed by atoms with Crippen molar-refractivity contribution in [2.45, 2.75) is 26.1 Å². The normalized spacial score (nSPS) is 18.4. The first-order valence-corrected chi connectivity index (χ1v) is 8.27. The molecule has 4 heteroatoms. The largest absolute Gasteiger partial charge is 0.496 e. The molecule has 23 heavy (non-hydrogen) atoms. The van der Waals surface area contributed by atoms with Crippen molar-refractivity contribution >= 4 is 0 Å². The van der Waals surface area contributed by atoms with E-state index in [1.807, 2.05) is 12.1 Å². The van der Waals surface area contributed by atoms with Crippen LogP contribution in [0.4, 0.5) is 0 Å². The van der Waals surface area contributed by atoms with Gasteiger partial charge in [0.25, 0.3) is 0 Å². The van der Waals surface area contributed by atoms with Crippen molar-refractivity contribution < 1.29 is 9.47 Å². The summed E-state index contributed by atoms with van der Waals surface area (Å²) in [6.07, 6.45) is 3.29. The highest BCUT2D eigenvalue weighted by Crippen LogP contribution is 2.24. The summed E-state index contributed by atoms with van der Waals surface area (Å²) < 4.78 is 13.2. The van der Waals surface area contributed by atoms with E-state index in [2.05, 4.69) is 39.9 Å². The minimum absolute atomic E-state index is 0.610. The van der Waals surface area contributed by atoms with E-state index in [0.717, 1.165) is 45.0 Å². The second-order valence-electron chi connectivity index (χ2n) is 6.28. The topological polar surface area (TPSA) is 26.6 Å². The minimum Gasteiger partial charge on any atom is -0.496 e.